The van der Waals surface area contributed by atoms with E-state index in [1.54, 1.807) is 16.8 Å². The number of benzene rings is 1. The zero-order valence-corrected chi connectivity index (χ0v) is 12.6. The Kier molecular flexibility index (Phi) is 4.73. The van der Waals surface area contributed by atoms with E-state index in [9.17, 15) is 9.18 Å². The van der Waals surface area contributed by atoms with Crippen molar-refractivity contribution in [2.45, 2.75) is 33.6 Å². The fourth-order valence-corrected chi connectivity index (χ4v) is 2.34. The molecule has 4 nitrogen and oxygen atoms in total. The van der Waals surface area contributed by atoms with Crippen LogP contribution < -0.4 is 5.32 Å². The molecule has 1 aromatic heterocycles. The normalized spacial score (nSPS) is 10.7. The summed E-state index contributed by atoms with van der Waals surface area (Å²) in [7, 11) is 0. The highest BCUT2D eigenvalue weighted by Crippen LogP contribution is 2.20. The maximum atomic E-state index is 13.0. The minimum absolute atomic E-state index is 0.162. The third kappa shape index (κ3) is 3.12. The van der Waals surface area contributed by atoms with Gasteiger partial charge in [-0.25, -0.2) is 9.07 Å². The molecule has 2 rings (SSSR count). The fraction of sp³-hybridized carbons (Fsp3) is 0.375. The smallest absolute Gasteiger partial charge is 0.272 e. The Bertz CT molecular complexity index is 632. The van der Waals surface area contributed by atoms with Gasteiger partial charge in [-0.1, -0.05) is 13.3 Å². The minimum Gasteiger partial charge on any atom is -0.351 e. The van der Waals surface area contributed by atoms with E-state index in [4.69, 9.17) is 0 Å². The average Bonchev–Trinajstić information content (AvgIpc) is 2.78. The van der Waals surface area contributed by atoms with E-state index in [1.165, 1.54) is 12.1 Å². The van der Waals surface area contributed by atoms with Gasteiger partial charge in [0.15, 0.2) is 5.69 Å². The highest BCUT2D eigenvalue weighted by atomic mass is 19.1. The molecule has 0 saturated heterocycles. The number of rotatable bonds is 5. The van der Waals surface area contributed by atoms with Crippen LogP contribution in [0.2, 0.25) is 0 Å². The number of hydrogen-bond donors (Lipinski definition) is 1. The van der Waals surface area contributed by atoms with Crippen LogP contribution in [0.3, 0.4) is 0 Å². The number of carbonyl (C=O) groups is 1. The van der Waals surface area contributed by atoms with Crippen LogP contribution in [0.4, 0.5) is 4.39 Å². The third-order valence-corrected chi connectivity index (χ3v) is 3.36. The lowest BCUT2D eigenvalue weighted by Crippen LogP contribution is -2.24. The van der Waals surface area contributed by atoms with Crippen LogP contribution >= 0.6 is 0 Å². The van der Waals surface area contributed by atoms with Crippen molar-refractivity contribution in [1.29, 1.82) is 0 Å². The van der Waals surface area contributed by atoms with Gasteiger partial charge in [-0.2, -0.15) is 5.10 Å². The Morgan fingerprint density at radius 3 is 2.52 bits per heavy atom. The van der Waals surface area contributed by atoms with Crippen LogP contribution in [0, 0.1) is 12.7 Å². The number of amides is 1. The predicted octanol–water partition coefficient (Wildman–Crippen LogP) is 3.02. The molecule has 0 spiro atoms. The van der Waals surface area contributed by atoms with Crippen molar-refractivity contribution in [3.63, 3.8) is 0 Å². The molecule has 0 fully saturated rings. The Hall–Kier alpha value is -2.17. The van der Waals surface area contributed by atoms with Crippen molar-refractivity contribution >= 4 is 5.91 Å². The molecule has 0 aliphatic carbocycles. The number of halogens is 1. The van der Waals surface area contributed by atoms with Gasteiger partial charge in [0, 0.05) is 17.8 Å². The monoisotopic (exact) mass is 289 g/mol. The maximum Gasteiger partial charge on any atom is 0.272 e. The average molecular weight is 289 g/mol. The number of nitrogens with one attached hydrogen (secondary N) is 1. The summed E-state index contributed by atoms with van der Waals surface area (Å²) in [6.45, 7) is 6.44. The van der Waals surface area contributed by atoms with Gasteiger partial charge in [-0.05, 0) is 44.5 Å². The zero-order valence-electron chi connectivity index (χ0n) is 12.6. The lowest BCUT2D eigenvalue weighted by molar-refractivity contribution is 0.0949. The highest BCUT2D eigenvalue weighted by molar-refractivity contribution is 5.94. The molecule has 1 amide bonds. The van der Waals surface area contributed by atoms with Crippen LogP contribution in [-0.4, -0.2) is 22.2 Å². The molecule has 0 aliphatic heterocycles. The molecule has 1 N–H and O–H groups in total. The standard InChI is InChI=1S/C16H20FN3O/c1-4-6-14-11(3)20(13-9-7-12(17)8-10-13)19-15(14)16(21)18-5-2/h7-10H,4-6H2,1-3H3,(H,18,21). The van der Waals surface area contributed by atoms with Crippen molar-refractivity contribution in [3.05, 3.63) is 47.0 Å². The SMILES string of the molecule is CCCc1c(C(=O)NCC)nn(-c2ccc(F)cc2)c1C. The van der Waals surface area contributed by atoms with Crippen molar-refractivity contribution in [3.8, 4) is 5.69 Å². The molecular weight excluding hydrogens is 269 g/mol. The minimum atomic E-state index is -0.290. The highest BCUT2D eigenvalue weighted by Gasteiger charge is 2.20. The summed E-state index contributed by atoms with van der Waals surface area (Å²) in [6.07, 6.45) is 1.72. The van der Waals surface area contributed by atoms with E-state index in [2.05, 4.69) is 17.3 Å². The molecule has 0 bridgehead atoms. The zero-order chi connectivity index (χ0) is 15.4. The molecule has 0 unspecified atom stereocenters. The lowest BCUT2D eigenvalue weighted by atomic mass is 10.1. The van der Waals surface area contributed by atoms with E-state index in [-0.39, 0.29) is 11.7 Å². The molecule has 5 heteroatoms. The largest absolute Gasteiger partial charge is 0.351 e. The summed E-state index contributed by atoms with van der Waals surface area (Å²) in [4.78, 5) is 12.1. The summed E-state index contributed by atoms with van der Waals surface area (Å²) in [5, 5.41) is 7.22. The first-order chi connectivity index (χ1) is 10.1. The quantitative estimate of drug-likeness (QED) is 0.919. The summed E-state index contributed by atoms with van der Waals surface area (Å²) in [6, 6.07) is 6.10. The molecule has 2 aromatic rings. The Morgan fingerprint density at radius 1 is 1.29 bits per heavy atom. The second-order valence-corrected chi connectivity index (χ2v) is 4.91. The van der Waals surface area contributed by atoms with E-state index >= 15 is 0 Å². The third-order valence-electron chi connectivity index (χ3n) is 3.36. The van der Waals surface area contributed by atoms with Crippen LogP contribution in [0.5, 0.6) is 0 Å². The molecule has 0 aliphatic rings. The molecular formula is C16H20FN3O. The van der Waals surface area contributed by atoms with Gasteiger partial charge in [-0.15, -0.1) is 0 Å². The van der Waals surface area contributed by atoms with Crippen LogP contribution in [0.1, 0.15) is 42.0 Å². The van der Waals surface area contributed by atoms with Crippen LogP contribution in [-0.2, 0) is 6.42 Å². The summed E-state index contributed by atoms with van der Waals surface area (Å²) >= 11 is 0. The maximum absolute atomic E-state index is 13.0. The molecule has 1 heterocycles. The number of aromatic nitrogens is 2. The van der Waals surface area contributed by atoms with E-state index < -0.39 is 0 Å². The fourth-order valence-electron chi connectivity index (χ4n) is 2.34. The van der Waals surface area contributed by atoms with Crippen LogP contribution in [0.15, 0.2) is 24.3 Å². The number of carbonyl (C=O) groups excluding carboxylic acids is 1. The van der Waals surface area contributed by atoms with Gasteiger partial charge in [0.2, 0.25) is 0 Å². The van der Waals surface area contributed by atoms with Gasteiger partial charge in [0.25, 0.3) is 5.91 Å². The van der Waals surface area contributed by atoms with Crippen LogP contribution in [0.25, 0.3) is 5.69 Å². The molecule has 21 heavy (non-hydrogen) atoms. The number of nitrogens with zero attached hydrogens (tertiary/aromatic N) is 2. The van der Waals surface area contributed by atoms with Crippen molar-refractivity contribution in [2.24, 2.45) is 0 Å². The summed E-state index contributed by atoms with van der Waals surface area (Å²) in [5.41, 5.74) is 3.08. The molecule has 1 aromatic carbocycles. The molecule has 0 saturated carbocycles. The van der Waals surface area contributed by atoms with E-state index in [0.29, 0.717) is 12.2 Å². The predicted molar refractivity (Wildman–Crippen MR) is 80.3 cm³/mol. The Balaban J connectivity index is 2.50. The van der Waals surface area contributed by atoms with Gasteiger partial charge in [0.1, 0.15) is 5.82 Å². The lowest BCUT2D eigenvalue weighted by Gasteiger charge is -2.04. The first-order valence-electron chi connectivity index (χ1n) is 7.21. The van der Waals surface area contributed by atoms with Gasteiger partial charge in [-0.3, -0.25) is 4.79 Å². The first-order valence-corrected chi connectivity index (χ1v) is 7.21. The van der Waals surface area contributed by atoms with Gasteiger partial charge in [0.05, 0.1) is 5.69 Å². The van der Waals surface area contributed by atoms with Crippen molar-refractivity contribution in [2.75, 3.05) is 6.54 Å². The van der Waals surface area contributed by atoms with Crippen molar-refractivity contribution in [1.82, 2.24) is 15.1 Å². The Labute approximate surface area is 124 Å². The Morgan fingerprint density at radius 2 is 1.95 bits per heavy atom. The van der Waals surface area contributed by atoms with Gasteiger partial charge < -0.3 is 5.32 Å². The van der Waals surface area contributed by atoms with Crippen molar-refractivity contribution < 1.29 is 9.18 Å². The van der Waals surface area contributed by atoms with Gasteiger partial charge >= 0.3 is 0 Å². The van der Waals surface area contributed by atoms with E-state index in [0.717, 1.165) is 29.8 Å². The second kappa shape index (κ2) is 6.52. The molecule has 0 radical (unpaired) electrons. The topological polar surface area (TPSA) is 46.9 Å². The van der Waals surface area contributed by atoms with E-state index in [1.807, 2.05) is 13.8 Å². The molecule has 112 valence electrons. The molecule has 0 atom stereocenters. The summed E-state index contributed by atoms with van der Waals surface area (Å²) < 4.78 is 14.7. The first kappa shape index (κ1) is 15.2. The second-order valence-electron chi connectivity index (χ2n) is 4.91. The number of hydrogen-bond acceptors (Lipinski definition) is 2. The summed E-state index contributed by atoms with van der Waals surface area (Å²) in [5.74, 6) is -0.453.